The molecule has 0 aliphatic heterocycles. The Morgan fingerprint density at radius 2 is 2.17 bits per heavy atom. The number of nitrogens with zero attached hydrogens (tertiary/aromatic N) is 2. The van der Waals surface area contributed by atoms with E-state index in [1.54, 1.807) is 0 Å². The van der Waals surface area contributed by atoms with Crippen LogP contribution in [0.3, 0.4) is 0 Å². The molecule has 0 amide bonds. The van der Waals surface area contributed by atoms with Gasteiger partial charge in [0.25, 0.3) is 5.56 Å². The molecule has 1 aromatic rings. The number of aromatic nitrogens is 2. The van der Waals surface area contributed by atoms with E-state index in [1.165, 1.54) is 12.4 Å². The summed E-state index contributed by atoms with van der Waals surface area (Å²) in [5.74, 6) is 0.647. The summed E-state index contributed by atoms with van der Waals surface area (Å²) in [6, 6.07) is 1.82. The summed E-state index contributed by atoms with van der Waals surface area (Å²) in [6.07, 6.45) is 3.65. The third-order valence-corrected chi connectivity index (χ3v) is 3.08. The molecule has 1 aromatic heterocycles. The number of rotatable bonds is 8. The van der Waals surface area contributed by atoms with Gasteiger partial charge < -0.3 is 15.2 Å². The average molecular weight is 252 g/mol. The second-order valence-corrected chi connectivity index (χ2v) is 4.51. The van der Waals surface area contributed by atoms with Gasteiger partial charge in [-0.05, 0) is 39.4 Å². The lowest BCUT2D eigenvalue weighted by molar-refractivity contribution is 0.295. The van der Waals surface area contributed by atoms with Crippen LogP contribution in [0.5, 0.6) is 0 Å². The largest absolute Gasteiger partial charge is 0.367 e. The summed E-state index contributed by atoms with van der Waals surface area (Å²) in [4.78, 5) is 20.1. The fraction of sp³-hybridized carbons (Fsp3) is 0.692. The van der Waals surface area contributed by atoms with Crippen LogP contribution in [0.2, 0.25) is 0 Å². The Labute approximate surface area is 109 Å². The third kappa shape index (κ3) is 5.31. The maximum atomic E-state index is 11.1. The summed E-state index contributed by atoms with van der Waals surface area (Å²) in [5, 5.41) is 3.24. The van der Waals surface area contributed by atoms with Crippen molar-refractivity contribution in [3.8, 4) is 0 Å². The first-order valence-electron chi connectivity index (χ1n) is 6.69. The van der Waals surface area contributed by atoms with E-state index in [0.717, 1.165) is 32.5 Å². The van der Waals surface area contributed by atoms with Gasteiger partial charge in [-0.3, -0.25) is 4.79 Å². The Hall–Kier alpha value is -1.36. The second kappa shape index (κ2) is 7.87. The molecule has 2 N–H and O–H groups in total. The fourth-order valence-electron chi connectivity index (χ4n) is 1.93. The van der Waals surface area contributed by atoms with Gasteiger partial charge in [0.1, 0.15) is 5.82 Å². The Morgan fingerprint density at radius 3 is 2.78 bits per heavy atom. The van der Waals surface area contributed by atoms with Gasteiger partial charge in [0.05, 0.1) is 6.33 Å². The normalized spacial score (nSPS) is 12.7. The van der Waals surface area contributed by atoms with E-state index in [2.05, 4.69) is 41.0 Å². The van der Waals surface area contributed by atoms with Gasteiger partial charge >= 0.3 is 0 Å². The highest BCUT2D eigenvalue weighted by molar-refractivity contribution is 5.32. The first-order chi connectivity index (χ1) is 8.65. The molecule has 1 atom stereocenters. The van der Waals surface area contributed by atoms with E-state index in [4.69, 9.17) is 0 Å². The summed E-state index contributed by atoms with van der Waals surface area (Å²) >= 11 is 0. The van der Waals surface area contributed by atoms with Crippen LogP contribution in [0.1, 0.15) is 33.6 Å². The molecule has 1 unspecified atom stereocenters. The smallest absolute Gasteiger partial charge is 0.252 e. The Morgan fingerprint density at radius 1 is 1.44 bits per heavy atom. The highest BCUT2D eigenvalue weighted by atomic mass is 16.1. The molecule has 0 radical (unpaired) electrons. The molecule has 0 fully saturated rings. The van der Waals surface area contributed by atoms with Gasteiger partial charge in [-0.2, -0.15) is 0 Å². The predicted octanol–water partition coefficient (Wildman–Crippen LogP) is 1.69. The Balaban J connectivity index is 2.29. The molecule has 0 saturated heterocycles. The van der Waals surface area contributed by atoms with Gasteiger partial charge in [-0.15, -0.1) is 0 Å². The molecule has 102 valence electrons. The highest BCUT2D eigenvalue weighted by Gasteiger charge is 2.05. The van der Waals surface area contributed by atoms with Crippen molar-refractivity contribution in [2.24, 2.45) is 0 Å². The van der Waals surface area contributed by atoms with Gasteiger partial charge in [-0.1, -0.05) is 13.8 Å². The molecule has 1 heterocycles. The van der Waals surface area contributed by atoms with E-state index in [-0.39, 0.29) is 5.56 Å². The van der Waals surface area contributed by atoms with E-state index in [9.17, 15) is 4.79 Å². The lowest BCUT2D eigenvalue weighted by atomic mass is 10.1. The molecule has 5 nitrogen and oxygen atoms in total. The van der Waals surface area contributed by atoms with Crippen LogP contribution in [0.25, 0.3) is 0 Å². The minimum absolute atomic E-state index is 0.122. The van der Waals surface area contributed by atoms with E-state index >= 15 is 0 Å². The standard InChI is InChI=1S/C13H24N4O/c1-4-17(5-2)8-6-7-11(3)16-12-9-13(18)15-10-14-12/h9-11H,4-8H2,1-3H3,(H2,14,15,16,18). The maximum Gasteiger partial charge on any atom is 0.252 e. The zero-order valence-electron chi connectivity index (χ0n) is 11.6. The first-order valence-corrected chi connectivity index (χ1v) is 6.69. The summed E-state index contributed by atoms with van der Waals surface area (Å²) in [6.45, 7) is 9.82. The zero-order valence-corrected chi connectivity index (χ0v) is 11.6. The lowest BCUT2D eigenvalue weighted by Crippen LogP contribution is -2.26. The average Bonchev–Trinajstić information content (AvgIpc) is 2.34. The van der Waals surface area contributed by atoms with Crippen LogP contribution in [0, 0.1) is 0 Å². The minimum atomic E-state index is -0.122. The Kier molecular flexibility index (Phi) is 6.43. The molecule has 0 aromatic carbocycles. The molecule has 0 aliphatic rings. The molecule has 0 spiro atoms. The third-order valence-electron chi connectivity index (χ3n) is 3.08. The first kappa shape index (κ1) is 14.7. The number of nitrogens with one attached hydrogen (secondary N) is 2. The second-order valence-electron chi connectivity index (χ2n) is 4.51. The Bertz CT molecular complexity index is 387. The number of anilines is 1. The number of hydrogen-bond acceptors (Lipinski definition) is 4. The van der Waals surface area contributed by atoms with Crippen molar-refractivity contribution >= 4 is 5.82 Å². The topological polar surface area (TPSA) is 61.0 Å². The van der Waals surface area contributed by atoms with Crippen molar-refractivity contribution in [2.45, 2.75) is 39.7 Å². The summed E-state index contributed by atoms with van der Waals surface area (Å²) < 4.78 is 0. The molecule has 5 heteroatoms. The maximum absolute atomic E-state index is 11.1. The molecule has 0 saturated carbocycles. The molecule has 0 bridgehead atoms. The molecule has 18 heavy (non-hydrogen) atoms. The number of hydrogen-bond donors (Lipinski definition) is 2. The van der Waals surface area contributed by atoms with E-state index in [1.807, 2.05) is 0 Å². The number of H-pyrrole nitrogens is 1. The number of aromatic amines is 1. The van der Waals surface area contributed by atoms with E-state index in [0.29, 0.717) is 11.9 Å². The van der Waals surface area contributed by atoms with E-state index < -0.39 is 0 Å². The van der Waals surface area contributed by atoms with Crippen molar-refractivity contribution in [1.82, 2.24) is 14.9 Å². The minimum Gasteiger partial charge on any atom is -0.367 e. The predicted molar refractivity (Wildman–Crippen MR) is 75.0 cm³/mol. The fourth-order valence-corrected chi connectivity index (χ4v) is 1.93. The van der Waals surface area contributed by atoms with Crippen molar-refractivity contribution in [3.05, 3.63) is 22.7 Å². The van der Waals surface area contributed by atoms with Gasteiger partial charge in [0.2, 0.25) is 0 Å². The van der Waals surface area contributed by atoms with Gasteiger partial charge in [0.15, 0.2) is 0 Å². The van der Waals surface area contributed by atoms with Crippen LogP contribution >= 0.6 is 0 Å². The SMILES string of the molecule is CCN(CC)CCCC(C)Nc1cc(=O)[nH]cn1. The van der Waals surface area contributed by atoms with Crippen LogP contribution in [-0.2, 0) is 0 Å². The molecular formula is C13H24N4O. The van der Waals surface area contributed by atoms with Crippen LogP contribution in [0.4, 0.5) is 5.82 Å². The molecular weight excluding hydrogens is 228 g/mol. The van der Waals surface area contributed by atoms with Crippen molar-refractivity contribution in [2.75, 3.05) is 25.0 Å². The molecule has 1 rings (SSSR count). The van der Waals surface area contributed by atoms with Crippen LogP contribution in [0.15, 0.2) is 17.2 Å². The van der Waals surface area contributed by atoms with Crippen molar-refractivity contribution in [1.29, 1.82) is 0 Å². The van der Waals surface area contributed by atoms with Crippen molar-refractivity contribution in [3.63, 3.8) is 0 Å². The van der Waals surface area contributed by atoms with Crippen molar-refractivity contribution < 1.29 is 0 Å². The molecule has 0 aliphatic carbocycles. The lowest BCUT2D eigenvalue weighted by Gasteiger charge is -2.19. The monoisotopic (exact) mass is 252 g/mol. The van der Waals surface area contributed by atoms with Crippen LogP contribution in [-0.4, -0.2) is 40.5 Å². The highest BCUT2D eigenvalue weighted by Crippen LogP contribution is 2.05. The van der Waals surface area contributed by atoms with Gasteiger partial charge in [0, 0.05) is 12.1 Å². The summed E-state index contributed by atoms with van der Waals surface area (Å²) in [7, 11) is 0. The quantitative estimate of drug-likeness (QED) is 0.739. The zero-order chi connectivity index (χ0) is 13.4. The van der Waals surface area contributed by atoms with Gasteiger partial charge in [-0.25, -0.2) is 4.98 Å². The summed E-state index contributed by atoms with van der Waals surface area (Å²) in [5.41, 5.74) is -0.122. The van der Waals surface area contributed by atoms with Crippen LogP contribution < -0.4 is 10.9 Å².